The molecule has 18 heavy (non-hydrogen) atoms. The molecule has 0 aliphatic heterocycles. The fourth-order valence-corrected chi connectivity index (χ4v) is 2.52. The standard InChI is InChI=1S/C15H25ClN2/c1-4-8-18(9-5-2)15-7-6-13(10-12(3)17)11-14(15)16/h6-7,11-12H,4-5,8-10,17H2,1-3H3. The summed E-state index contributed by atoms with van der Waals surface area (Å²) in [6.07, 6.45) is 3.15. The Labute approximate surface area is 116 Å². The zero-order valence-corrected chi connectivity index (χ0v) is 12.5. The first kappa shape index (κ1) is 15.3. The summed E-state index contributed by atoms with van der Waals surface area (Å²) in [6.45, 7) is 8.52. The smallest absolute Gasteiger partial charge is 0.0642 e. The average molecular weight is 269 g/mol. The van der Waals surface area contributed by atoms with Crippen molar-refractivity contribution in [2.24, 2.45) is 5.73 Å². The molecule has 0 saturated carbocycles. The normalized spacial score (nSPS) is 12.5. The van der Waals surface area contributed by atoms with Gasteiger partial charge in [0.05, 0.1) is 10.7 Å². The molecule has 0 fully saturated rings. The molecule has 0 heterocycles. The first-order valence-electron chi connectivity index (χ1n) is 6.87. The number of benzene rings is 1. The van der Waals surface area contributed by atoms with Gasteiger partial charge >= 0.3 is 0 Å². The Morgan fingerprint density at radius 2 is 1.83 bits per heavy atom. The van der Waals surface area contributed by atoms with Gasteiger partial charge in [-0.15, -0.1) is 0 Å². The molecule has 2 nitrogen and oxygen atoms in total. The lowest BCUT2D eigenvalue weighted by molar-refractivity contribution is 0.734. The molecule has 1 aromatic carbocycles. The van der Waals surface area contributed by atoms with E-state index in [0.717, 1.165) is 43.1 Å². The molecule has 0 aliphatic rings. The maximum absolute atomic E-state index is 6.40. The van der Waals surface area contributed by atoms with E-state index in [4.69, 9.17) is 17.3 Å². The molecule has 0 amide bonds. The number of nitrogens with zero attached hydrogens (tertiary/aromatic N) is 1. The Balaban J connectivity index is 2.88. The summed E-state index contributed by atoms with van der Waals surface area (Å²) in [5, 5.41) is 0.843. The van der Waals surface area contributed by atoms with Gasteiger partial charge < -0.3 is 10.6 Å². The van der Waals surface area contributed by atoms with Gasteiger partial charge in [0.2, 0.25) is 0 Å². The van der Waals surface area contributed by atoms with Crippen molar-refractivity contribution in [2.75, 3.05) is 18.0 Å². The van der Waals surface area contributed by atoms with E-state index < -0.39 is 0 Å². The van der Waals surface area contributed by atoms with Crippen LogP contribution in [0.15, 0.2) is 18.2 Å². The molecule has 0 radical (unpaired) electrons. The third-order valence-corrected chi connectivity index (χ3v) is 3.20. The van der Waals surface area contributed by atoms with Crippen molar-refractivity contribution in [3.05, 3.63) is 28.8 Å². The van der Waals surface area contributed by atoms with Gasteiger partial charge in [-0.3, -0.25) is 0 Å². The lowest BCUT2D eigenvalue weighted by Crippen LogP contribution is -2.25. The molecule has 102 valence electrons. The van der Waals surface area contributed by atoms with Crippen LogP contribution in [0, 0.1) is 0 Å². The van der Waals surface area contributed by atoms with E-state index in [0.29, 0.717) is 0 Å². The molecule has 1 rings (SSSR count). The van der Waals surface area contributed by atoms with Gasteiger partial charge in [0, 0.05) is 19.1 Å². The fraction of sp³-hybridized carbons (Fsp3) is 0.600. The number of nitrogens with two attached hydrogens (primary N) is 1. The number of anilines is 1. The van der Waals surface area contributed by atoms with Crippen LogP contribution in [0.4, 0.5) is 5.69 Å². The summed E-state index contributed by atoms with van der Waals surface area (Å²) in [5.41, 5.74) is 8.18. The highest BCUT2D eigenvalue weighted by molar-refractivity contribution is 6.33. The predicted octanol–water partition coefficient (Wildman–Crippen LogP) is 3.86. The Kier molecular flexibility index (Phi) is 6.51. The number of hydrogen-bond donors (Lipinski definition) is 1. The fourth-order valence-electron chi connectivity index (χ4n) is 2.20. The molecule has 0 aromatic heterocycles. The zero-order chi connectivity index (χ0) is 13.5. The second-order valence-electron chi connectivity index (χ2n) is 4.95. The lowest BCUT2D eigenvalue weighted by atomic mass is 10.1. The molecule has 0 spiro atoms. The van der Waals surface area contributed by atoms with E-state index >= 15 is 0 Å². The molecule has 0 bridgehead atoms. The summed E-state index contributed by atoms with van der Waals surface area (Å²) in [4.78, 5) is 2.36. The van der Waals surface area contributed by atoms with Crippen molar-refractivity contribution >= 4 is 17.3 Å². The number of halogens is 1. The quantitative estimate of drug-likeness (QED) is 0.814. The van der Waals surface area contributed by atoms with Crippen LogP contribution in [0.3, 0.4) is 0 Å². The maximum Gasteiger partial charge on any atom is 0.0642 e. The number of rotatable bonds is 7. The van der Waals surface area contributed by atoms with Crippen molar-refractivity contribution in [3.63, 3.8) is 0 Å². The van der Waals surface area contributed by atoms with Crippen LogP contribution in [-0.4, -0.2) is 19.1 Å². The van der Waals surface area contributed by atoms with Crippen LogP contribution >= 0.6 is 11.6 Å². The van der Waals surface area contributed by atoms with Gasteiger partial charge in [-0.25, -0.2) is 0 Å². The SMILES string of the molecule is CCCN(CCC)c1ccc(CC(C)N)cc1Cl. The average Bonchev–Trinajstić information content (AvgIpc) is 2.28. The van der Waals surface area contributed by atoms with Crippen LogP contribution in [-0.2, 0) is 6.42 Å². The summed E-state index contributed by atoms with van der Waals surface area (Å²) in [5.74, 6) is 0. The van der Waals surface area contributed by atoms with Crippen LogP contribution in [0.1, 0.15) is 39.2 Å². The van der Waals surface area contributed by atoms with Crippen molar-refractivity contribution in [1.29, 1.82) is 0 Å². The van der Waals surface area contributed by atoms with E-state index in [1.54, 1.807) is 0 Å². The maximum atomic E-state index is 6.40. The summed E-state index contributed by atoms with van der Waals surface area (Å²) in [7, 11) is 0. The second kappa shape index (κ2) is 7.65. The molecular weight excluding hydrogens is 244 g/mol. The lowest BCUT2D eigenvalue weighted by Gasteiger charge is -2.25. The molecular formula is C15H25ClN2. The van der Waals surface area contributed by atoms with Crippen LogP contribution < -0.4 is 10.6 Å². The number of hydrogen-bond acceptors (Lipinski definition) is 2. The summed E-state index contributed by atoms with van der Waals surface area (Å²) < 4.78 is 0. The third kappa shape index (κ3) is 4.51. The van der Waals surface area contributed by atoms with Gasteiger partial charge in [0.1, 0.15) is 0 Å². The molecule has 0 saturated heterocycles. The zero-order valence-electron chi connectivity index (χ0n) is 11.7. The molecule has 1 aromatic rings. The highest BCUT2D eigenvalue weighted by atomic mass is 35.5. The van der Waals surface area contributed by atoms with Crippen LogP contribution in [0.2, 0.25) is 5.02 Å². The second-order valence-corrected chi connectivity index (χ2v) is 5.36. The van der Waals surface area contributed by atoms with Crippen molar-refractivity contribution in [2.45, 2.75) is 46.1 Å². The minimum Gasteiger partial charge on any atom is -0.370 e. The first-order chi connectivity index (χ1) is 8.58. The van der Waals surface area contributed by atoms with Crippen LogP contribution in [0.5, 0.6) is 0 Å². The highest BCUT2D eigenvalue weighted by Crippen LogP contribution is 2.27. The molecule has 1 unspecified atom stereocenters. The minimum absolute atomic E-state index is 0.175. The molecule has 0 aliphatic carbocycles. The first-order valence-corrected chi connectivity index (χ1v) is 7.25. The van der Waals surface area contributed by atoms with E-state index in [2.05, 4.69) is 36.9 Å². The Morgan fingerprint density at radius 3 is 2.28 bits per heavy atom. The van der Waals surface area contributed by atoms with Crippen molar-refractivity contribution < 1.29 is 0 Å². The van der Waals surface area contributed by atoms with Gasteiger partial charge in [-0.2, -0.15) is 0 Å². The highest BCUT2D eigenvalue weighted by Gasteiger charge is 2.10. The van der Waals surface area contributed by atoms with Gasteiger partial charge in [0.25, 0.3) is 0 Å². The minimum atomic E-state index is 0.175. The van der Waals surface area contributed by atoms with E-state index in [9.17, 15) is 0 Å². The van der Waals surface area contributed by atoms with Crippen molar-refractivity contribution in [3.8, 4) is 0 Å². The summed E-state index contributed by atoms with van der Waals surface area (Å²) >= 11 is 6.40. The third-order valence-electron chi connectivity index (χ3n) is 2.90. The Hall–Kier alpha value is -0.730. The molecule has 1 atom stereocenters. The molecule has 3 heteroatoms. The largest absolute Gasteiger partial charge is 0.370 e. The Bertz CT molecular complexity index is 358. The Morgan fingerprint density at radius 1 is 1.22 bits per heavy atom. The van der Waals surface area contributed by atoms with Gasteiger partial charge in [-0.1, -0.05) is 31.5 Å². The van der Waals surface area contributed by atoms with Gasteiger partial charge in [0.15, 0.2) is 0 Å². The van der Waals surface area contributed by atoms with Crippen LogP contribution in [0.25, 0.3) is 0 Å². The topological polar surface area (TPSA) is 29.3 Å². The molecule has 2 N–H and O–H groups in total. The predicted molar refractivity (Wildman–Crippen MR) is 81.6 cm³/mol. The summed E-state index contributed by atoms with van der Waals surface area (Å²) in [6, 6.07) is 6.50. The van der Waals surface area contributed by atoms with Gasteiger partial charge in [-0.05, 0) is 43.9 Å². The van der Waals surface area contributed by atoms with E-state index in [1.807, 2.05) is 6.92 Å². The van der Waals surface area contributed by atoms with Crippen molar-refractivity contribution in [1.82, 2.24) is 0 Å². The monoisotopic (exact) mass is 268 g/mol. The van der Waals surface area contributed by atoms with E-state index in [1.165, 1.54) is 5.56 Å². The van der Waals surface area contributed by atoms with E-state index in [-0.39, 0.29) is 6.04 Å².